The summed E-state index contributed by atoms with van der Waals surface area (Å²) < 4.78 is 42.1. The number of fused-ring (bicyclic) bond motifs is 1. The monoisotopic (exact) mass is 465 g/mol. The third kappa shape index (κ3) is 3.93. The van der Waals surface area contributed by atoms with Gasteiger partial charge in [-0.25, -0.2) is 4.68 Å². The number of halogens is 3. The van der Waals surface area contributed by atoms with Gasteiger partial charge in [0.05, 0.1) is 11.6 Å². The Balaban J connectivity index is 1.65. The molecule has 3 aromatic rings. The van der Waals surface area contributed by atoms with Crippen molar-refractivity contribution in [3.8, 4) is 6.07 Å². The lowest BCUT2D eigenvalue weighted by molar-refractivity contribution is -0.173. The SMILES string of the molecule is CCc1c(C)sc(NC(=O)c2cc3n(n2)[C@@H](C(F)(F)F)C[C@@H](c2cccs2)N3)c1C#N. The van der Waals surface area contributed by atoms with Crippen molar-refractivity contribution in [1.82, 2.24) is 9.78 Å². The second-order valence-electron chi connectivity index (χ2n) is 7.13. The lowest BCUT2D eigenvalue weighted by Crippen LogP contribution is -2.35. The predicted molar refractivity (Wildman–Crippen MR) is 114 cm³/mol. The van der Waals surface area contributed by atoms with E-state index in [1.807, 2.05) is 19.2 Å². The Hall–Kier alpha value is -2.84. The minimum atomic E-state index is -4.51. The van der Waals surface area contributed by atoms with Gasteiger partial charge in [-0.2, -0.15) is 23.5 Å². The molecule has 0 aromatic carbocycles. The number of hydrogen-bond acceptors (Lipinski definition) is 6. The Bertz CT molecular complexity index is 1160. The number of alkyl halides is 3. The molecule has 162 valence electrons. The molecule has 0 unspecified atom stereocenters. The minimum Gasteiger partial charge on any atom is -0.363 e. The van der Waals surface area contributed by atoms with Crippen LogP contribution in [-0.2, 0) is 6.42 Å². The molecule has 4 rings (SSSR count). The van der Waals surface area contributed by atoms with E-state index in [4.69, 9.17) is 0 Å². The van der Waals surface area contributed by atoms with E-state index < -0.39 is 24.2 Å². The number of anilines is 2. The van der Waals surface area contributed by atoms with Gasteiger partial charge in [0.15, 0.2) is 11.7 Å². The summed E-state index contributed by atoms with van der Waals surface area (Å²) in [6.07, 6.45) is -4.09. The third-order valence-corrected chi connectivity index (χ3v) is 7.26. The second kappa shape index (κ2) is 8.01. The quantitative estimate of drug-likeness (QED) is 0.521. The van der Waals surface area contributed by atoms with Crippen LogP contribution in [0.4, 0.5) is 24.0 Å². The summed E-state index contributed by atoms with van der Waals surface area (Å²) in [6, 6.07) is 4.62. The molecule has 0 saturated heterocycles. The van der Waals surface area contributed by atoms with Gasteiger partial charge in [-0.3, -0.25) is 4.79 Å². The van der Waals surface area contributed by atoms with Crippen LogP contribution in [0, 0.1) is 18.3 Å². The zero-order valence-electron chi connectivity index (χ0n) is 16.6. The Morgan fingerprint density at radius 3 is 2.87 bits per heavy atom. The van der Waals surface area contributed by atoms with Crippen molar-refractivity contribution < 1.29 is 18.0 Å². The first-order valence-electron chi connectivity index (χ1n) is 9.52. The highest BCUT2D eigenvalue weighted by molar-refractivity contribution is 7.16. The number of nitrogens with zero attached hydrogens (tertiary/aromatic N) is 3. The van der Waals surface area contributed by atoms with Crippen LogP contribution < -0.4 is 10.6 Å². The number of carbonyl (C=O) groups excluding carboxylic acids is 1. The molecular formula is C20H18F3N5OS2. The standard InChI is InChI=1S/C20H18F3N5OS2/c1-3-11-10(2)31-19(12(11)9-24)26-18(29)14-8-17-25-13(15-5-4-6-30-15)7-16(20(21,22)23)28(17)27-14/h4-6,8,13,16,25H,3,7H2,1-2H3,(H,26,29)/t13-,16+/m0/s1. The number of aromatic nitrogens is 2. The molecule has 1 amide bonds. The molecule has 3 aromatic heterocycles. The van der Waals surface area contributed by atoms with Crippen LogP contribution in [0.5, 0.6) is 0 Å². The smallest absolute Gasteiger partial charge is 0.363 e. The van der Waals surface area contributed by atoms with Crippen LogP contribution in [0.1, 0.15) is 56.8 Å². The van der Waals surface area contributed by atoms with Crippen LogP contribution in [0.3, 0.4) is 0 Å². The molecule has 0 aliphatic carbocycles. The molecule has 0 saturated carbocycles. The topological polar surface area (TPSA) is 82.7 Å². The van der Waals surface area contributed by atoms with Crippen LogP contribution in [-0.4, -0.2) is 21.9 Å². The van der Waals surface area contributed by atoms with Crippen molar-refractivity contribution in [2.45, 2.75) is 44.9 Å². The Morgan fingerprint density at radius 2 is 2.26 bits per heavy atom. The number of thiophene rings is 2. The van der Waals surface area contributed by atoms with E-state index in [1.165, 1.54) is 28.7 Å². The maximum atomic E-state index is 13.8. The molecule has 1 aliphatic rings. The maximum Gasteiger partial charge on any atom is 0.410 e. The second-order valence-corrected chi connectivity index (χ2v) is 9.33. The van der Waals surface area contributed by atoms with Gasteiger partial charge >= 0.3 is 6.18 Å². The Morgan fingerprint density at radius 1 is 1.48 bits per heavy atom. The highest BCUT2D eigenvalue weighted by atomic mass is 32.1. The van der Waals surface area contributed by atoms with Crippen molar-refractivity contribution >= 4 is 39.4 Å². The summed E-state index contributed by atoms with van der Waals surface area (Å²) in [5, 5.41) is 21.3. The molecule has 6 nitrogen and oxygen atoms in total. The van der Waals surface area contributed by atoms with Crippen LogP contribution in [0.2, 0.25) is 0 Å². The minimum absolute atomic E-state index is 0.134. The molecule has 1 aliphatic heterocycles. The van der Waals surface area contributed by atoms with Gasteiger partial charge in [0.1, 0.15) is 16.9 Å². The van der Waals surface area contributed by atoms with E-state index in [2.05, 4.69) is 21.8 Å². The fourth-order valence-corrected chi connectivity index (χ4v) is 5.62. The van der Waals surface area contributed by atoms with Gasteiger partial charge in [-0.1, -0.05) is 13.0 Å². The molecule has 31 heavy (non-hydrogen) atoms. The van der Waals surface area contributed by atoms with Crippen molar-refractivity contribution in [1.29, 1.82) is 5.26 Å². The first kappa shape index (κ1) is 21.4. The van der Waals surface area contributed by atoms with E-state index in [0.717, 1.165) is 20.0 Å². The summed E-state index contributed by atoms with van der Waals surface area (Å²) in [5.74, 6) is -0.521. The van der Waals surface area contributed by atoms with E-state index in [0.29, 0.717) is 17.0 Å². The summed E-state index contributed by atoms with van der Waals surface area (Å²) in [7, 11) is 0. The molecule has 2 N–H and O–H groups in total. The maximum absolute atomic E-state index is 13.8. The summed E-state index contributed by atoms with van der Waals surface area (Å²) in [6.45, 7) is 3.77. The normalized spacial score (nSPS) is 18.2. The largest absolute Gasteiger partial charge is 0.410 e. The highest BCUT2D eigenvalue weighted by Crippen LogP contribution is 2.44. The average molecular weight is 466 g/mol. The van der Waals surface area contributed by atoms with Crippen molar-refractivity contribution in [3.63, 3.8) is 0 Å². The molecule has 0 bridgehead atoms. The molecule has 0 spiro atoms. The van der Waals surface area contributed by atoms with Crippen LogP contribution in [0.25, 0.3) is 0 Å². The first-order chi connectivity index (χ1) is 14.7. The van der Waals surface area contributed by atoms with Crippen molar-refractivity contribution in [2.75, 3.05) is 10.6 Å². The number of rotatable bonds is 4. The molecule has 0 radical (unpaired) electrons. The number of carbonyl (C=O) groups is 1. The number of nitrogens with one attached hydrogen (secondary N) is 2. The fraction of sp³-hybridized carbons (Fsp3) is 0.350. The van der Waals surface area contributed by atoms with E-state index in [-0.39, 0.29) is 17.9 Å². The highest BCUT2D eigenvalue weighted by Gasteiger charge is 2.47. The predicted octanol–water partition coefficient (Wildman–Crippen LogP) is 5.66. The van der Waals surface area contributed by atoms with Crippen LogP contribution >= 0.6 is 22.7 Å². The van der Waals surface area contributed by atoms with Crippen molar-refractivity contribution in [2.24, 2.45) is 0 Å². The third-order valence-electron chi connectivity index (χ3n) is 5.21. The van der Waals surface area contributed by atoms with Gasteiger partial charge in [-0.15, -0.1) is 22.7 Å². The van der Waals surface area contributed by atoms with Crippen molar-refractivity contribution in [3.05, 3.63) is 50.2 Å². The lowest BCUT2D eigenvalue weighted by atomic mass is 10.0. The molecular weight excluding hydrogens is 447 g/mol. The van der Waals surface area contributed by atoms with E-state index in [9.17, 15) is 23.2 Å². The number of nitriles is 1. The summed E-state index contributed by atoms with van der Waals surface area (Å²) in [4.78, 5) is 14.5. The van der Waals surface area contributed by atoms with E-state index >= 15 is 0 Å². The fourth-order valence-electron chi connectivity index (χ4n) is 3.74. The van der Waals surface area contributed by atoms with Gasteiger partial charge in [0, 0.05) is 22.2 Å². The Kier molecular flexibility index (Phi) is 5.53. The van der Waals surface area contributed by atoms with Crippen LogP contribution in [0.15, 0.2) is 23.6 Å². The van der Waals surface area contributed by atoms with Gasteiger partial charge < -0.3 is 10.6 Å². The summed E-state index contributed by atoms with van der Waals surface area (Å²) >= 11 is 2.64. The molecule has 0 fully saturated rings. The average Bonchev–Trinajstić information content (AvgIpc) is 3.44. The van der Waals surface area contributed by atoms with E-state index in [1.54, 1.807) is 12.1 Å². The lowest BCUT2D eigenvalue weighted by Gasteiger charge is -2.32. The molecule has 4 heterocycles. The molecule has 2 atom stereocenters. The van der Waals surface area contributed by atoms with Gasteiger partial charge in [0.2, 0.25) is 0 Å². The molecule has 11 heteroatoms. The number of hydrogen-bond donors (Lipinski definition) is 2. The van der Waals surface area contributed by atoms with Gasteiger partial charge in [0.25, 0.3) is 5.91 Å². The summed E-state index contributed by atoms with van der Waals surface area (Å²) in [5.41, 5.74) is 1.09. The zero-order chi connectivity index (χ0) is 22.3. The Labute approximate surface area is 184 Å². The number of aryl methyl sites for hydroxylation is 1. The first-order valence-corrected chi connectivity index (χ1v) is 11.2. The van der Waals surface area contributed by atoms with Gasteiger partial charge in [-0.05, 0) is 30.4 Å². The zero-order valence-corrected chi connectivity index (χ0v) is 18.2. The number of amides is 1.